The van der Waals surface area contributed by atoms with E-state index in [1.807, 2.05) is 0 Å². The van der Waals surface area contributed by atoms with E-state index in [-0.39, 0.29) is 12.5 Å². The highest BCUT2D eigenvalue weighted by Gasteiger charge is 2.46. The molecule has 102 valence electrons. The van der Waals surface area contributed by atoms with E-state index in [1.54, 1.807) is 13.8 Å². The quantitative estimate of drug-likeness (QED) is 0.517. The van der Waals surface area contributed by atoms with Gasteiger partial charge in [-0.15, -0.1) is 0 Å². The van der Waals surface area contributed by atoms with E-state index >= 15 is 0 Å². The molecule has 1 heterocycles. The SMILES string of the molecule is CON(C)C(=O)[C@H]1CC(=O)O[C@H]1C(=O)OC(C)C. The number of ether oxygens (including phenoxy) is 2. The van der Waals surface area contributed by atoms with Crippen LogP contribution in [0.15, 0.2) is 0 Å². The van der Waals surface area contributed by atoms with Crippen molar-refractivity contribution in [1.29, 1.82) is 0 Å². The van der Waals surface area contributed by atoms with E-state index in [1.165, 1.54) is 14.2 Å². The fourth-order valence-electron chi connectivity index (χ4n) is 1.61. The molecule has 0 radical (unpaired) electrons. The molecule has 7 heteroatoms. The number of amides is 1. The van der Waals surface area contributed by atoms with E-state index < -0.39 is 29.9 Å². The van der Waals surface area contributed by atoms with Gasteiger partial charge in [-0.3, -0.25) is 14.4 Å². The second kappa shape index (κ2) is 5.81. The maximum absolute atomic E-state index is 11.9. The van der Waals surface area contributed by atoms with Crippen LogP contribution in [0.4, 0.5) is 0 Å². The molecule has 1 saturated heterocycles. The second-order valence-electron chi connectivity index (χ2n) is 4.22. The molecule has 18 heavy (non-hydrogen) atoms. The summed E-state index contributed by atoms with van der Waals surface area (Å²) in [6.45, 7) is 3.35. The fourth-order valence-corrected chi connectivity index (χ4v) is 1.61. The molecular formula is C11H17NO6. The zero-order chi connectivity index (χ0) is 13.9. The predicted octanol–water partition coefficient (Wildman–Crippen LogP) is -0.111. The molecule has 1 fully saturated rings. The molecule has 7 nitrogen and oxygen atoms in total. The lowest BCUT2D eigenvalue weighted by molar-refractivity contribution is -0.180. The van der Waals surface area contributed by atoms with Crippen molar-refractivity contribution in [3.8, 4) is 0 Å². The summed E-state index contributed by atoms with van der Waals surface area (Å²) >= 11 is 0. The van der Waals surface area contributed by atoms with E-state index in [4.69, 9.17) is 14.3 Å². The van der Waals surface area contributed by atoms with Crippen molar-refractivity contribution in [1.82, 2.24) is 5.06 Å². The molecule has 0 saturated carbocycles. The number of rotatable bonds is 4. The predicted molar refractivity (Wildman–Crippen MR) is 59.0 cm³/mol. The molecular weight excluding hydrogens is 242 g/mol. The zero-order valence-corrected chi connectivity index (χ0v) is 10.8. The summed E-state index contributed by atoms with van der Waals surface area (Å²) in [6.07, 6.45) is -1.68. The first-order valence-corrected chi connectivity index (χ1v) is 5.58. The third-order valence-corrected chi connectivity index (χ3v) is 2.50. The fraction of sp³-hybridized carbons (Fsp3) is 0.727. The van der Waals surface area contributed by atoms with E-state index in [0.29, 0.717) is 0 Å². The van der Waals surface area contributed by atoms with Crippen LogP contribution < -0.4 is 0 Å². The van der Waals surface area contributed by atoms with Crippen LogP contribution >= 0.6 is 0 Å². The molecule has 0 bridgehead atoms. The van der Waals surface area contributed by atoms with Gasteiger partial charge >= 0.3 is 11.9 Å². The summed E-state index contributed by atoms with van der Waals surface area (Å²) in [4.78, 5) is 39.6. The van der Waals surface area contributed by atoms with Gasteiger partial charge in [0.15, 0.2) is 0 Å². The maximum Gasteiger partial charge on any atom is 0.348 e. The van der Waals surface area contributed by atoms with Gasteiger partial charge in [0.25, 0.3) is 5.91 Å². The number of hydrogen-bond donors (Lipinski definition) is 0. The summed E-state index contributed by atoms with van der Waals surface area (Å²) < 4.78 is 9.78. The largest absolute Gasteiger partial charge is 0.460 e. The Morgan fingerprint density at radius 2 is 2.06 bits per heavy atom. The molecule has 0 aromatic carbocycles. The van der Waals surface area contributed by atoms with Gasteiger partial charge in [-0.05, 0) is 13.8 Å². The highest BCUT2D eigenvalue weighted by molar-refractivity contribution is 5.93. The lowest BCUT2D eigenvalue weighted by Gasteiger charge is -2.21. The average molecular weight is 259 g/mol. The summed E-state index contributed by atoms with van der Waals surface area (Å²) in [5, 5.41) is 0.961. The van der Waals surface area contributed by atoms with Gasteiger partial charge in [0.1, 0.15) is 0 Å². The Bertz CT molecular complexity index is 353. The van der Waals surface area contributed by atoms with Gasteiger partial charge in [0, 0.05) is 7.05 Å². The Kier molecular flexibility index (Phi) is 4.66. The molecule has 0 aliphatic carbocycles. The van der Waals surface area contributed by atoms with Gasteiger partial charge < -0.3 is 9.47 Å². The van der Waals surface area contributed by atoms with Gasteiger partial charge in [-0.1, -0.05) is 0 Å². The third-order valence-electron chi connectivity index (χ3n) is 2.50. The van der Waals surface area contributed by atoms with Crippen molar-refractivity contribution in [2.75, 3.05) is 14.2 Å². The second-order valence-corrected chi connectivity index (χ2v) is 4.22. The average Bonchev–Trinajstić information content (AvgIpc) is 2.68. The number of esters is 2. The van der Waals surface area contributed by atoms with Crippen LogP contribution in [-0.2, 0) is 28.7 Å². The highest BCUT2D eigenvalue weighted by Crippen LogP contribution is 2.25. The number of cyclic esters (lactones) is 1. The van der Waals surface area contributed by atoms with Crippen molar-refractivity contribution < 1.29 is 28.7 Å². The van der Waals surface area contributed by atoms with Crippen molar-refractivity contribution in [3.63, 3.8) is 0 Å². The molecule has 0 aromatic heterocycles. The molecule has 1 amide bonds. The molecule has 0 spiro atoms. The Labute approximate surface area is 105 Å². The van der Waals surface area contributed by atoms with E-state index in [0.717, 1.165) is 5.06 Å². The van der Waals surface area contributed by atoms with Crippen LogP contribution in [0.25, 0.3) is 0 Å². The van der Waals surface area contributed by atoms with E-state index in [9.17, 15) is 14.4 Å². The lowest BCUT2D eigenvalue weighted by atomic mass is 10.0. The minimum absolute atomic E-state index is 0.148. The summed E-state index contributed by atoms with van der Waals surface area (Å²) in [5.74, 6) is -2.69. The van der Waals surface area contributed by atoms with Crippen LogP contribution in [0.2, 0.25) is 0 Å². The monoisotopic (exact) mass is 259 g/mol. The Morgan fingerprint density at radius 3 is 2.56 bits per heavy atom. The maximum atomic E-state index is 11.9. The first-order valence-electron chi connectivity index (χ1n) is 5.58. The molecule has 0 aromatic rings. The van der Waals surface area contributed by atoms with Crippen molar-refractivity contribution in [2.45, 2.75) is 32.5 Å². The first kappa shape index (κ1) is 14.4. The normalized spacial score (nSPS) is 22.8. The third kappa shape index (κ3) is 3.19. The molecule has 1 aliphatic heterocycles. The summed E-state index contributed by atoms with van der Waals surface area (Å²) in [7, 11) is 2.72. The van der Waals surface area contributed by atoms with Gasteiger partial charge in [-0.2, -0.15) is 0 Å². The summed E-state index contributed by atoms with van der Waals surface area (Å²) in [6, 6.07) is 0. The standard InChI is InChI=1S/C11H17NO6/c1-6(2)17-11(15)9-7(5-8(13)18-9)10(14)12(3)16-4/h6-7,9H,5H2,1-4H3/t7-,9+/m0/s1. The Balaban J connectivity index is 2.79. The number of nitrogens with zero attached hydrogens (tertiary/aromatic N) is 1. The smallest absolute Gasteiger partial charge is 0.348 e. The van der Waals surface area contributed by atoms with Crippen molar-refractivity contribution in [3.05, 3.63) is 0 Å². The number of carbonyl (C=O) groups excluding carboxylic acids is 3. The van der Waals surface area contributed by atoms with Crippen LogP contribution in [0.3, 0.4) is 0 Å². The van der Waals surface area contributed by atoms with Crippen LogP contribution in [0.5, 0.6) is 0 Å². The molecule has 1 aliphatic rings. The van der Waals surface area contributed by atoms with Crippen LogP contribution in [0, 0.1) is 5.92 Å². The highest BCUT2D eigenvalue weighted by atomic mass is 16.7. The van der Waals surface area contributed by atoms with Gasteiger partial charge in [0.05, 0.1) is 25.6 Å². The van der Waals surface area contributed by atoms with Gasteiger partial charge in [-0.25, -0.2) is 9.86 Å². The van der Waals surface area contributed by atoms with E-state index in [2.05, 4.69) is 0 Å². The van der Waals surface area contributed by atoms with Crippen molar-refractivity contribution >= 4 is 17.8 Å². The molecule has 2 atom stereocenters. The van der Waals surface area contributed by atoms with Gasteiger partial charge in [0.2, 0.25) is 6.10 Å². The Morgan fingerprint density at radius 1 is 1.44 bits per heavy atom. The van der Waals surface area contributed by atoms with Crippen LogP contribution in [0.1, 0.15) is 20.3 Å². The van der Waals surface area contributed by atoms with Crippen LogP contribution in [-0.4, -0.2) is 49.3 Å². The molecule has 0 N–H and O–H groups in total. The minimum atomic E-state index is -1.19. The first-order chi connectivity index (χ1) is 8.36. The molecule has 0 unspecified atom stereocenters. The van der Waals surface area contributed by atoms with Crippen molar-refractivity contribution in [2.24, 2.45) is 5.92 Å². The lowest BCUT2D eigenvalue weighted by Crippen LogP contribution is -2.40. The summed E-state index contributed by atoms with van der Waals surface area (Å²) in [5.41, 5.74) is 0. The number of hydroxylamine groups is 2. The Hall–Kier alpha value is -1.63. The number of carbonyl (C=O) groups is 3. The molecule has 1 rings (SSSR count). The number of hydrogen-bond acceptors (Lipinski definition) is 6. The zero-order valence-electron chi connectivity index (χ0n) is 10.8. The minimum Gasteiger partial charge on any atom is -0.460 e. The topological polar surface area (TPSA) is 82.1 Å².